The van der Waals surface area contributed by atoms with E-state index in [0.29, 0.717) is 6.04 Å². The molecule has 1 saturated heterocycles. The van der Waals surface area contributed by atoms with Gasteiger partial charge in [-0.25, -0.2) is 4.39 Å². The number of aliphatic hydroxyl groups is 1. The molecule has 2 rings (SSSR count). The van der Waals surface area contributed by atoms with Crippen LogP contribution in [0.15, 0.2) is 24.3 Å². The summed E-state index contributed by atoms with van der Waals surface area (Å²) in [5, 5.41) is 15.9. The van der Waals surface area contributed by atoms with Gasteiger partial charge in [-0.3, -0.25) is 4.79 Å². The van der Waals surface area contributed by atoms with E-state index in [1.54, 1.807) is 12.1 Å². The number of carbonyl (C=O) groups excluding carboxylic acids is 1. The third-order valence-corrected chi connectivity index (χ3v) is 3.73. The van der Waals surface area contributed by atoms with Crippen LogP contribution in [0.1, 0.15) is 31.4 Å². The van der Waals surface area contributed by atoms with E-state index in [1.807, 2.05) is 6.92 Å². The molecule has 1 unspecified atom stereocenters. The minimum Gasteiger partial charge on any atom is -0.386 e. The molecular formula is C15H21FN2O2. The number of amides is 1. The molecule has 0 aliphatic carbocycles. The van der Waals surface area contributed by atoms with E-state index >= 15 is 0 Å². The number of piperidine rings is 1. The number of benzene rings is 1. The Morgan fingerprint density at radius 1 is 1.55 bits per heavy atom. The molecule has 1 aliphatic heterocycles. The maximum Gasteiger partial charge on any atom is 0.223 e. The highest BCUT2D eigenvalue weighted by atomic mass is 19.1. The minimum atomic E-state index is -1.01. The van der Waals surface area contributed by atoms with Gasteiger partial charge in [0.15, 0.2) is 0 Å². The fourth-order valence-electron chi connectivity index (χ4n) is 2.57. The molecule has 1 aromatic carbocycles. The lowest BCUT2D eigenvalue weighted by atomic mass is 9.92. The zero-order valence-electron chi connectivity index (χ0n) is 11.6. The smallest absolute Gasteiger partial charge is 0.223 e. The number of halogens is 1. The summed E-state index contributed by atoms with van der Waals surface area (Å²) in [5.41, 5.74) is 0.214. The van der Waals surface area contributed by atoms with Crippen molar-refractivity contribution in [3.63, 3.8) is 0 Å². The zero-order valence-corrected chi connectivity index (χ0v) is 11.6. The highest BCUT2D eigenvalue weighted by Gasteiger charge is 2.25. The van der Waals surface area contributed by atoms with Crippen molar-refractivity contribution in [2.45, 2.75) is 31.9 Å². The number of carbonyl (C=O) groups is 1. The van der Waals surface area contributed by atoms with E-state index in [2.05, 4.69) is 10.6 Å². The van der Waals surface area contributed by atoms with Crippen LogP contribution in [-0.2, 0) is 4.79 Å². The molecule has 0 radical (unpaired) electrons. The van der Waals surface area contributed by atoms with E-state index in [4.69, 9.17) is 0 Å². The van der Waals surface area contributed by atoms with Crippen molar-refractivity contribution in [3.05, 3.63) is 35.6 Å². The highest BCUT2D eigenvalue weighted by Crippen LogP contribution is 2.18. The number of rotatable bonds is 4. The largest absolute Gasteiger partial charge is 0.386 e. The van der Waals surface area contributed by atoms with E-state index in [0.717, 1.165) is 19.4 Å². The average molecular weight is 280 g/mol. The third-order valence-electron chi connectivity index (χ3n) is 3.73. The van der Waals surface area contributed by atoms with Gasteiger partial charge >= 0.3 is 0 Å². The molecule has 5 heteroatoms. The lowest BCUT2D eigenvalue weighted by Gasteiger charge is -2.27. The van der Waals surface area contributed by atoms with Gasteiger partial charge in [-0.15, -0.1) is 0 Å². The molecule has 0 aromatic heterocycles. The van der Waals surface area contributed by atoms with Gasteiger partial charge in [-0.2, -0.15) is 0 Å². The quantitative estimate of drug-likeness (QED) is 0.780. The molecule has 0 spiro atoms. The monoisotopic (exact) mass is 280 g/mol. The second-order valence-corrected chi connectivity index (χ2v) is 5.36. The standard InChI is InChI=1S/C15H21FN2O2/c1-10-8-11(6-7-17-10)15(20)18-9-14(19)12-4-2-3-5-13(12)16/h2-5,10-11,14,17,19H,6-9H2,1H3,(H,18,20)/t10-,11-,14?/m0/s1. The molecule has 0 bridgehead atoms. The van der Waals surface area contributed by atoms with E-state index < -0.39 is 11.9 Å². The Hall–Kier alpha value is -1.46. The van der Waals surface area contributed by atoms with Crippen molar-refractivity contribution in [2.24, 2.45) is 5.92 Å². The number of hydrogen-bond acceptors (Lipinski definition) is 3. The van der Waals surface area contributed by atoms with Gasteiger partial charge in [0, 0.05) is 24.1 Å². The molecule has 1 fully saturated rings. The van der Waals surface area contributed by atoms with Crippen LogP contribution in [-0.4, -0.2) is 30.1 Å². The van der Waals surface area contributed by atoms with Crippen molar-refractivity contribution in [2.75, 3.05) is 13.1 Å². The Morgan fingerprint density at radius 2 is 2.30 bits per heavy atom. The Bertz CT molecular complexity index is 467. The zero-order chi connectivity index (χ0) is 14.5. The second kappa shape index (κ2) is 6.81. The van der Waals surface area contributed by atoms with Crippen LogP contribution in [0.2, 0.25) is 0 Å². The minimum absolute atomic E-state index is 0.0286. The van der Waals surface area contributed by atoms with Crippen molar-refractivity contribution >= 4 is 5.91 Å². The van der Waals surface area contributed by atoms with Crippen LogP contribution < -0.4 is 10.6 Å². The Labute approximate surface area is 118 Å². The summed E-state index contributed by atoms with van der Waals surface area (Å²) in [5.74, 6) is -0.544. The summed E-state index contributed by atoms with van der Waals surface area (Å²) < 4.78 is 13.5. The highest BCUT2D eigenvalue weighted by molar-refractivity contribution is 5.78. The lowest BCUT2D eigenvalue weighted by molar-refractivity contribution is -0.126. The van der Waals surface area contributed by atoms with Gasteiger partial charge in [0.25, 0.3) is 0 Å². The van der Waals surface area contributed by atoms with Crippen LogP contribution in [0, 0.1) is 11.7 Å². The summed E-state index contributed by atoms with van der Waals surface area (Å²) in [6, 6.07) is 6.39. The fourth-order valence-corrected chi connectivity index (χ4v) is 2.57. The summed E-state index contributed by atoms with van der Waals surface area (Å²) in [7, 11) is 0. The van der Waals surface area contributed by atoms with Gasteiger partial charge in [-0.1, -0.05) is 18.2 Å². The normalized spacial score (nSPS) is 24.1. The van der Waals surface area contributed by atoms with Crippen molar-refractivity contribution < 1.29 is 14.3 Å². The van der Waals surface area contributed by atoms with Crippen LogP contribution in [0.25, 0.3) is 0 Å². The van der Waals surface area contributed by atoms with Crippen LogP contribution in [0.5, 0.6) is 0 Å². The first kappa shape index (κ1) is 14.9. The molecular weight excluding hydrogens is 259 g/mol. The number of hydrogen-bond donors (Lipinski definition) is 3. The molecule has 1 aromatic rings. The summed E-state index contributed by atoms with van der Waals surface area (Å²) >= 11 is 0. The van der Waals surface area contributed by atoms with Crippen LogP contribution in [0.3, 0.4) is 0 Å². The Kier molecular flexibility index (Phi) is 5.09. The lowest BCUT2D eigenvalue weighted by Crippen LogP contribution is -2.43. The van der Waals surface area contributed by atoms with E-state index in [1.165, 1.54) is 12.1 Å². The first-order valence-corrected chi connectivity index (χ1v) is 7.01. The molecule has 4 nitrogen and oxygen atoms in total. The first-order chi connectivity index (χ1) is 9.58. The van der Waals surface area contributed by atoms with Gasteiger partial charge in [0.05, 0.1) is 6.10 Å². The van der Waals surface area contributed by atoms with Gasteiger partial charge in [-0.05, 0) is 32.4 Å². The maximum absolute atomic E-state index is 13.5. The van der Waals surface area contributed by atoms with Crippen molar-refractivity contribution in [1.29, 1.82) is 0 Å². The predicted octanol–water partition coefficient (Wildman–Crippen LogP) is 1.36. The molecule has 3 N–H and O–H groups in total. The molecule has 1 amide bonds. The molecule has 3 atom stereocenters. The second-order valence-electron chi connectivity index (χ2n) is 5.36. The Morgan fingerprint density at radius 3 is 3.00 bits per heavy atom. The number of nitrogens with one attached hydrogen (secondary N) is 2. The Balaban J connectivity index is 1.85. The topological polar surface area (TPSA) is 61.4 Å². The summed E-state index contributed by atoms with van der Waals surface area (Å²) in [4.78, 5) is 12.0. The van der Waals surface area contributed by atoms with Crippen molar-refractivity contribution in [3.8, 4) is 0 Å². The number of aliphatic hydroxyl groups excluding tert-OH is 1. The molecule has 1 heterocycles. The van der Waals surface area contributed by atoms with Crippen LogP contribution >= 0.6 is 0 Å². The summed E-state index contributed by atoms with van der Waals surface area (Å²) in [6.45, 7) is 2.92. The average Bonchev–Trinajstić information content (AvgIpc) is 2.45. The van der Waals surface area contributed by atoms with Gasteiger partial charge in [0.2, 0.25) is 5.91 Å². The fraction of sp³-hybridized carbons (Fsp3) is 0.533. The molecule has 1 aliphatic rings. The summed E-state index contributed by atoms with van der Waals surface area (Å²) in [6.07, 6.45) is 0.576. The molecule has 20 heavy (non-hydrogen) atoms. The maximum atomic E-state index is 13.5. The van der Waals surface area contributed by atoms with Gasteiger partial charge in [0.1, 0.15) is 5.82 Å². The SMILES string of the molecule is C[C@H]1C[C@@H](C(=O)NCC(O)c2ccccc2F)CCN1. The predicted molar refractivity (Wildman–Crippen MR) is 74.6 cm³/mol. The van der Waals surface area contributed by atoms with E-state index in [9.17, 15) is 14.3 Å². The third kappa shape index (κ3) is 3.77. The van der Waals surface area contributed by atoms with Gasteiger partial charge < -0.3 is 15.7 Å². The molecule has 0 saturated carbocycles. The van der Waals surface area contributed by atoms with E-state index in [-0.39, 0.29) is 23.9 Å². The molecule has 110 valence electrons. The van der Waals surface area contributed by atoms with Crippen LogP contribution in [0.4, 0.5) is 4.39 Å². The van der Waals surface area contributed by atoms with Crippen molar-refractivity contribution in [1.82, 2.24) is 10.6 Å². The first-order valence-electron chi connectivity index (χ1n) is 7.01.